The molecule has 11 aromatic rings. The predicted molar refractivity (Wildman–Crippen MR) is 253 cm³/mol. The molecule has 0 saturated carbocycles. The molecule has 3 aromatic heterocycles. The molecule has 5 heterocycles. The Morgan fingerprint density at radius 1 is 0.541 bits per heavy atom. The van der Waals surface area contributed by atoms with E-state index >= 15 is 0 Å². The maximum Gasteiger partial charge on any atom is 0.376 e. The van der Waals surface area contributed by atoms with E-state index < -0.39 is 0 Å². The number of fused-ring (bicyclic) bond motifs is 8. The molecule has 2 aliphatic rings. The third-order valence-corrected chi connectivity index (χ3v) is 12.9. The van der Waals surface area contributed by atoms with Crippen LogP contribution in [0.4, 0.5) is 17.1 Å². The maximum atomic E-state index is 7.23. The Morgan fingerprint density at radius 2 is 1.16 bits per heavy atom. The summed E-state index contributed by atoms with van der Waals surface area (Å²) in [6.07, 6.45) is 0. The van der Waals surface area contributed by atoms with Gasteiger partial charge in [-0.3, -0.25) is 4.57 Å². The zero-order valence-electron chi connectivity index (χ0n) is 33.7. The summed E-state index contributed by atoms with van der Waals surface area (Å²) in [5, 5.41) is 2.26. The average molecular weight is 781 g/mol. The number of nitrogens with zero attached hydrogens (tertiary/aromatic N) is 4. The van der Waals surface area contributed by atoms with Gasteiger partial charge in [-0.15, -0.1) is 0 Å². The zero-order chi connectivity index (χ0) is 40.3. The van der Waals surface area contributed by atoms with Crippen molar-refractivity contribution in [2.75, 3.05) is 4.90 Å². The lowest BCUT2D eigenvalue weighted by Crippen LogP contribution is -2.56. The second kappa shape index (κ2) is 12.8. The summed E-state index contributed by atoms with van der Waals surface area (Å²) in [4.78, 5) is 8.13. The first-order valence-electron chi connectivity index (χ1n) is 21.0. The molecular formula is C55H37BN4O. The minimum Gasteiger partial charge on any atom is -0.466 e. The topological polar surface area (TPSA) is 39.1 Å². The summed E-state index contributed by atoms with van der Waals surface area (Å²) in [6, 6.07) is 67.7. The predicted octanol–water partition coefficient (Wildman–Crippen LogP) is 12.8. The van der Waals surface area contributed by atoms with Gasteiger partial charge in [-0.05, 0) is 95.7 Å². The van der Waals surface area contributed by atoms with E-state index in [0.29, 0.717) is 0 Å². The molecule has 5 nitrogen and oxygen atoms in total. The number of aromatic nitrogens is 3. The fraction of sp³-hybridized carbons (Fsp3) is 0.0364. The van der Waals surface area contributed by atoms with E-state index in [1.165, 1.54) is 38.6 Å². The first-order valence-corrected chi connectivity index (χ1v) is 21.0. The first kappa shape index (κ1) is 34.1. The number of hydrogen-bond acceptors (Lipinski definition) is 3. The van der Waals surface area contributed by atoms with Crippen LogP contribution in [0.2, 0.25) is 0 Å². The van der Waals surface area contributed by atoms with Crippen molar-refractivity contribution < 1.29 is 4.42 Å². The largest absolute Gasteiger partial charge is 0.466 e. The van der Waals surface area contributed by atoms with Gasteiger partial charge in [0.1, 0.15) is 17.1 Å². The Hall–Kier alpha value is -7.83. The van der Waals surface area contributed by atoms with Gasteiger partial charge in [-0.2, -0.15) is 0 Å². The number of aryl methyl sites for hydroxylation is 2. The highest BCUT2D eigenvalue weighted by atomic mass is 16.3. The first-order chi connectivity index (χ1) is 30.2. The summed E-state index contributed by atoms with van der Waals surface area (Å²) in [5.74, 6) is 0.937. The van der Waals surface area contributed by atoms with Crippen LogP contribution in [0.15, 0.2) is 192 Å². The van der Waals surface area contributed by atoms with Crippen molar-refractivity contribution in [3.05, 3.63) is 199 Å². The van der Waals surface area contributed by atoms with Crippen LogP contribution >= 0.6 is 0 Å². The molecule has 0 unspecified atom stereocenters. The van der Waals surface area contributed by atoms with Gasteiger partial charge < -0.3 is 13.8 Å². The molecular weight excluding hydrogens is 743 g/mol. The molecule has 286 valence electrons. The van der Waals surface area contributed by atoms with Crippen molar-refractivity contribution in [3.63, 3.8) is 0 Å². The van der Waals surface area contributed by atoms with E-state index in [4.69, 9.17) is 9.40 Å². The molecule has 0 saturated heterocycles. The van der Waals surface area contributed by atoms with Crippen molar-refractivity contribution in [3.8, 4) is 50.6 Å². The molecule has 0 N–H and O–H groups in total. The third kappa shape index (κ3) is 4.70. The lowest BCUT2D eigenvalue weighted by molar-refractivity contribution is 0.649. The number of para-hydroxylation sites is 3. The van der Waals surface area contributed by atoms with Crippen molar-refractivity contribution in [2.24, 2.45) is 0 Å². The minimum atomic E-state index is -0.278. The van der Waals surface area contributed by atoms with Crippen molar-refractivity contribution in [1.82, 2.24) is 14.0 Å². The van der Waals surface area contributed by atoms with Gasteiger partial charge in [-0.25, -0.2) is 4.98 Å². The smallest absolute Gasteiger partial charge is 0.376 e. The molecule has 0 spiro atoms. The fourth-order valence-corrected chi connectivity index (χ4v) is 10.5. The van der Waals surface area contributed by atoms with Crippen LogP contribution in [-0.2, 0) is 0 Å². The average Bonchev–Trinajstić information content (AvgIpc) is 3.99. The summed E-state index contributed by atoms with van der Waals surface area (Å²) in [5.41, 5.74) is 21.1. The van der Waals surface area contributed by atoms with Crippen LogP contribution in [0.5, 0.6) is 0 Å². The van der Waals surface area contributed by atoms with Crippen molar-refractivity contribution in [1.29, 1.82) is 0 Å². The van der Waals surface area contributed by atoms with E-state index in [1.54, 1.807) is 0 Å². The lowest BCUT2D eigenvalue weighted by atomic mass is 9.47. The van der Waals surface area contributed by atoms with Crippen LogP contribution in [0, 0.1) is 13.8 Å². The third-order valence-electron chi connectivity index (χ3n) is 12.9. The maximum absolute atomic E-state index is 7.23. The van der Waals surface area contributed by atoms with Gasteiger partial charge in [-0.1, -0.05) is 140 Å². The Balaban J connectivity index is 1.29. The van der Waals surface area contributed by atoms with Gasteiger partial charge >= 0.3 is 6.85 Å². The second-order valence-corrected chi connectivity index (χ2v) is 16.3. The Labute approximate surface area is 353 Å². The van der Waals surface area contributed by atoms with Gasteiger partial charge in [0.25, 0.3) is 0 Å². The van der Waals surface area contributed by atoms with Crippen molar-refractivity contribution >= 4 is 67.9 Å². The van der Waals surface area contributed by atoms with Gasteiger partial charge in [0, 0.05) is 55.7 Å². The molecule has 61 heavy (non-hydrogen) atoms. The van der Waals surface area contributed by atoms with E-state index in [0.717, 1.165) is 84.2 Å². The normalized spacial score (nSPS) is 12.7. The SMILES string of the molecule is Cc1cccc(C)c1-c1nc2cc3c4c(c(-c5ccccc5)c(-c5ccccc5)n4B4c5oc6ccccc6c5N(c5ccccc5)c5cccc-3c54)c2n1-c1ccccc1. The molecule has 0 bridgehead atoms. The zero-order valence-corrected chi connectivity index (χ0v) is 33.7. The van der Waals surface area contributed by atoms with Gasteiger partial charge in [0.05, 0.1) is 16.7 Å². The Bertz CT molecular complexity index is 3530. The van der Waals surface area contributed by atoms with Gasteiger partial charge in [0.15, 0.2) is 0 Å². The number of hydrogen-bond donors (Lipinski definition) is 0. The molecule has 2 aliphatic heterocycles. The number of rotatable bonds is 5. The Morgan fingerprint density at radius 3 is 1.89 bits per heavy atom. The van der Waals surface area contributed by atoms with Gasteiger partial charge in [0.2, 0.25) is 0 Å². The number of anilines is 3. The molecule has 0 aliphatic carbocycles. The molecule has 0 fully saturated rings. The van der Waals surface area contributed by atoms with E-state index in [-0.39, 0.29) is 6.85 Å². The number of imidazole rings is 1. The lowest BCUT2D eigenvalue weighted by Gasteiger charge is -2.38. The van der Waals surface area contributed by atoms with Crippen LogP contribution in [0.25, 0.3) is 83.5 Å². The summed E-state index contributed by atoms with van der Waals surface area (Å²) in [6.45, 7) is 4.12. The van der Waals surface area contributed by atoms with Crippen molar-refractivity contribution in [2.45, 2.75) is 13.8 Å². The monoisotopic (exact) mass is 780 g/mol. The number of furan rings is 1. The quantitative estimate of drug-likeness (QED) is 0.163. The van der Waals surface area contributed by atoms with E-state index in [2.05, 4.69) is 216 Å². The molecule has 0 radical (unpaired) electrons. The van der Waals surface area contributed by atoms with Crippen LogP contribution in [-0.4, -0.2) is 20.9 Å². The van der Waals surface area contributed by atoms with E-state index in [1.807, 2.05) is 0 Å². The number of benzene rings is 8. The fourth-order valence-electron chi connectivity index (χ4n) is 10.5. The highest BCUT2D eigenvalue weighted by molar-refractivity contribution is 6.89. The Kier molecular flexibility index (Phi) is 7.17. The van der Waals surface area contributed by atoms with Crippen LogP contribution < -0.4 is 16.0 Å². The second-order valence-electron chi connectivity index (χ2n) is 16.3. The highest BCUT2D eigenvalue weighted by Crippen LogP contribution is 2.53. The molecule has 6 heteroatoms. The molecule has 0 atom stereocenters. The highest BCUT2D eigenvalue weighted by Gasteiger charge is 2.47. The van der Waals surface area contributed by atoms with Crippen LogP contribution in [0.1, 0.15) is 11.1 Å². The molecule has 8 aromatic carbocycles. The standard InChI is InChI=1S/C55H37BN4O/c1-34-19-17-20-35(2)46(34)55-57-43-33-42-40-30-18-31-44-49(40)56(54-52(41-29-15-16-32-45(41)61-54)58(44)38-25-11-5-12-26-38)60-50(37-23-9-4-10-24-37)47(36-21-7-3-8-22-36)48(51(42)60)53(43)59(55)39-27-13-6-14-28-39/h3-33H,1-2H3. The summed E-state index contributed by atoms with van der Waals surface area (Å²) < 4.78 is 12.3. The molecule has 0 amide bonds. The summed E-state index contributed by atoms with van der Waals surface area (Å²) in [7, 11) is 0. The van der Waals surface area contributed by atoms with E-state index in [9.17, 15) is 0 Å². The van der Waals surface area contributed by atoms with Crippen LogP contribution in [0.3, 0.4) is 0 Å². The minimum absolute atomic E-state index is 0.278. The summed E-state index contributed by atoms with van der Waals surface area (Å²) >= 11 is 0. The molecule has 13 rings (SSSR count).